The number of ether oxygens (including phenoxy) is 1. The number of halogens is 1. The highest BCUT2D eigenvalue weighted by Crippen LogP contribution is 2.26. The summed E-state index contributed by atoms with van der Waals surface area (Å²) in [7, 11) is 0. The number of nitrogens with one attached hydrogen (secondary N) is 1. The highest BCUT2D eigenvalue weighted by atomic mass is 35.5. The maximum atomic E-state index is 12.8. The number of rotatable bonds is 7. The van der Waals surface area contributed by atoms with Gasteiger partial charge in [0.25, 0.3) is 5.91 Å². The molecule has 0 bridgehead atoms. The number of pyridine rings is 1. The minimum absolute atomic E-state index is 0.310. The molecule has 7 heteroatoms. The number of nitrogens with zero attached hydrogens (tertiary/aromatic N) is 3. The van der Waals surface area contributed by atoms with E-state index >= 15 is 0 Å². The zero-order chi connectivity index (χ0) is 24.2. The lowest BCUT2D eigenvalue weighted by atomic mass is 10.2. The van der Waals surface area contributed by atoms with Gasteiger partial charge in [-0.25, -0.2) is 4.98 Å². The number of benzene rings is 3. The topological polar surface area (TPSA) is 69.0 Å². The van der Waals surface area contributed by atoms with Crippen molar-refractivity contribution in [2.45, 2.75) is 20.1 Å². The van der Waals surface area contributed by atoms with Crippen molar-refractivity contribution in [1.29, 1.82) is 0 Å². The fourth-order valence-corrected chi connectivity index (χ4v) is 4.01. The van der Waals surface area contributed by atoms with Crippen LogP contribution >= 0.6 is 11.6 Å². The summed E-state index contributed by atoms with van der Waals surface area (Å²) in [4.78, 5) is 17.3. The van der Waals surface area contributed by atoms with E-state index in [0.29, 0.717) is 29.7 Å². The minimum Gasteiger partial charge on any atom is -0.489 e. The second-order valence-electron chi connectivity index (χ2n) is 8.20. The molecule has 0 atom stereocenters. The molecule has 5 rings (SSSR count). The van der Waals surface area contributed by atoms with Crippen LogP contribution in [0.3, 0.4) is 0 Å². The number of hydrogen-bond acceptors (Lipinski definition) is 4. The number of anilines is 1. The highest BCUT2D eigenvalue weighted by molar-refractivity contribution is 6.30. The Hall–Kier alpha value is -4.16. The van der Waals surface area contributed by atoms with Crippen LogP contribution in [-0.2, 0) is 13.2 Å². The largest absolute Gasteiger partial charge is 0.489 e. The molecule has 2 heterocycles. The van der Waals surface area contributed by atoms with Crippen LogP contribution in [-0.4, -0.2) is 20.7 Å². The van der Waals surface area contributed by atoms with Crippen molar-refractivity contribution < 1.29 is 9.53 Å². The zero-order valence-electron chi connectivity index (χ0n) is 19.1. The van der Waals surface area contributed by atoms with E-state index in [-0.39, 0.29) is 5.91 Å². The van der Waals surface area contributed by atoms with Crippen LogP contribution in [0.15, 0.2) is 91.0 Å². The van der Waals surface area contributed by atoms with Crippen molar-refractivity contribution in [3.8, 4) is 5.75 Å². The van der Waals surface area contributed by atoms with Gasteiger partial charge < -0.3 is 10.1 Å². The molecule has 6 nitrogen and oxygen atoms in total. The molecule has 0 saturated heterocycles. The van der Waals surface area contributed by atoms with Crippen LogP contribution in [0.2, 0.25) is 5.02 Å². The van der Waals surface area contributed by atoms with Gasteiger partial charge in [0.1, 0.15) is 18.1 Å². The predicted molar refractivity (Wildman–Crippen MR) is 138 cm³/mol. The molecule has 0 aliphatic rings. The molecule has 0 aliphatic heterocycles. The molecule has 1 N–H and O–H groups in total. The van der Waals surface area contributed by atoms with Crippen LogP contribution in [0.1, 0.15) is 27.3 Å². The molecule has 2 aromatic heterocycles. The van der Waals surface area contributed by atoms with E-state index in [0.717, 1.165) is 33.5 Å². The average molecular weight is 483 g/mol. The maximum Gasteiger partial charge on any atom is 0.275 e. The van der Waals surface area contributed by atoms with Gasteiger partial charge in [-0.1, -0.05) is 66.2 Å². The summed E-state index contributed by atoms with van der Waals surface area (Å²) >= 11 is 6.27. The number of para-hydroxylation sites is 1. The van der Waals surface area contributed by atoms with Crippen molar-refractivity contribution in [2.24, 2.45) is 0 Å². The van der Waals surface area contributed by atoms with Gasteiger partial charge in [0.2, 0.25) is 0 Å². The molecule has 1 amide bonds. The lowest BCUT2D eigenvalue weighted by molar-refractivity contribution is 0.102. The molecule has 3 aromatic carbocycles. The maximum absolute atomic E-state index is 12.8. The molecule has 0 saturated carbocycles. The summed E-state index contributed by atoms with van der Waals surface area (Å²) in [5.41, 5.74) is 3.97. The first kappa shape index (κ1) is 22.6. The number of aromatic nitrogens is 3. The number of carbonyl (C=O) groups is 1. The van der Waals surface area contributed by atoms with E-state index in [4.69, 9.17) is 16.3 Å². The molecule has 0 fully saturated rings. The molecule has 174 valence electrons. The molecular formula is C28H23ClN4O2. The quantitative estimate of drug-likeness (QED) is 0.296. The number of aryl methyl sites for hydroxylation is 1. The first-order valence-corrected chi connectivity index (χ1v) is 11.6. The van der Waals surface area contributed by atoms with Gasteiger partial charge in [0.15, 0.2) is 5.82 Å². The minimum atomic E-state index is -0.310. The highest BCUT2D eigenvalue weighted by Gasteiger charge is 2.14. The van der Waals surface area contributed by atoms with Gasteiger partial charge in [-0.2, -0.15) is 5.10 Å². The van der Waals surface area contributed by atoms with E-state index in [1.807, 2.05) is 96.5 Å². The van der Waals surface area contributed by atoms with Crippen molar-refractivity contribution in [2.75, 3.05) is 5.32 Å². The zero-order valence-corrected chi connectivity index (χ0v) is 19.9. The Balaban J connectivity index is 1.32. The fraction of sp³-hybridized carbons (Fsp3) is 0.107. The summed E-state index contributed by atoms with van der Waals surface area (Å²) < 4.78 is 7.89. The van der Waals surface area contributed by atoms with Crippen molar-refractivity contribution >= 4 is 34.2 Å². The first-order valence-electron chi connectivity index (χ1n) is 11.2. The van der Waals surface area contributed by atoms with Gasteiger partial charge in [0, 0.05) is 27.7 Å². The van der Waals surface area contributed by atoms with Crippen molar-refractivity contribution in [3.63, 3.8) is 0 Å². The molecule has 0 radical (unpaired) electrons. The average Bonchev–Trinajstić information content (AvgIpc) is 3.22. The summed E-state index contributed by atoms with van der Waals surface area (Å²) in [5.74, 6) is 0.880. The van der Waals surface area contributed by atoms with E-state index in [9.17, 15) is 4.79 Å². The second-order valence-corrected chi connectivity index (χ2v) is 8.63. The molecule has 35 heavy (non-hydrogen) atoms. The third kappa shape index (κ3) is 5.34. The molecule has 0 spiro atoms. The Morgan fingerprint density at radius 2 is 1.77 bits per heavy atom. The van der Waals surface area contributed by atoms with Gasteiger partial charge in [-0.15, -0.1) is 0 Å². The van der Waals surface area contributed by atoms with Gasteiger partial charge in [0.05, 0.1) is 12.1 Å². The smallest absolute Gasteiger partial charge is 0.275 e. The van der Waals surface area contributed by atoms with Crippen LogP contribution in [0.5, 0.6) is 5.75 Å². The monoisotopic (exact) mass is 482 g/mol. The SMILES string of the molecule is Cc1cc(NC(=O)c2ccc3ccccc3n2)nn1Cc1cc(Cl)ccc1OCc1ccccc1. The van der Waals surface area contributed by atoms with E-state index < -0.39 is 0 Å². The summed E-state index contributed by atoms with van der Waals surface area (Å²) in [6.45, 7) is 2.83. The van der Waals surface area contributed by atoms with E-state index in [2.05, 4.69) is 15.4 Å². The summed E-state index contributed by atoms with van der Waals surface area (Å²) in [6, 6.07) is 28.6. The third-order valence-corrected chi connectivity index (χ3v) is 5.87. The summed E-state index contributed by atoms with van der Waals surface area (Å²) in [5, 5.41) is 9.03. The first-order chi connectivity index (χ1) is 17.0. The predicted octanol–water partition coefficient (Wildman–Crippen LogP) is 6.27. The normalized spacial score (nSPS) is 10.9. The van der Waals surface area contributed by atoms with Gasteiger partial charge in [-0.3, -0.25) is 9.48 Å². The van der Waals surface area contributed by atoms with Crippen LogP contribution in [0.4, 0.5) is 5.82 Å². The number of carbonyl (C=O) groups excluding carboxylic acids is 1. The lowest BCUT2D eigenvalue weighted by Crippen LogP contribution is -2.14. The Labute approximate surface area is 208 Å². The van der Waals surface area contributed by atoms with Crippen LogP contribution in [0, 0.1) is 6.92 Å². The van der Waals surface area contributed by atoms with Crippen LogP contribution in [0.25, 0.3) is 10.9 Å². The Kier molecular flexibility index (Phi) is 6.46. The van der Waals surface area contributed by atoms with E-state index in [1.165, 1.54) is 0 Å². The number of fused-ring (bicyclic) bond motifs is 1. The van der Waals surface area contributed by atoms with Crippen molar-refractivity contribution in [3.05, 3.63) is 119 Å². The standard InChI is InChI=1S/C28H23ClN4O2/c1-19-15-27(31-28(34)25-13-11-21-9-5-6-10-24(21)30-25)32-33(19)17-22-16-23(29)12-14-26(22)35-18-20-7-3-2-4-8-20/h2-16H,17-18H2,1H3,(H,31,32,34). The number of hydrogen-bond donors (Lipinski definition) is 1. The van der Waals surface area contributed by atoms with Gasteiger partial charge >= 0.3 is 0 Å². The molecule has 5 aromatic rings. The van der Waals surface area contributed by atoms with Gasteiger partial charge in [-0.05, 0) is 42.8 Å². The number of amides is 1. The van der Waals surface area contributed by atoms with E-state index in [1.54, 1.807) is 6.07 Å². The molecular weight excluding hydrogens is 460 g/mol. The Morgan fingerprint density at radius 3 is 2.63 bits per heavy atom. The van der Waals surface area contributed by atoms with Crippen LogP contribution < -0.4 is 10.1 Å². The lowest BCUT2D eigenvalue weighted by Gasteiger charge is -2.13. The third-order valence-electron chi connectivity index (χ3n) is 5.63. The molecule has 0 unspecified atom stereocenters. The Bertz CT molecular complexity index is 1500. The Morgan fingerprint density at radius 1 is 0.971 bits per heavy atom. The summed E-state index contributed by atoms with van der Waals surface area (Å²) in [6.07, 6.45) is 0. The molecule has 0 aliphatic carbocycles. The van der Waals surface area contributed by atoms with Crippen molar-refractivity contribution in [1.82, 2.24) is 14.8 Å². The fourth-order valence-electron chi connectivity index (χ4n) is 3.81. The second kappa shape index (κ2) is 9.99.